The number of carbonyl (C=O) groups is 2. The van der Waals surface area contributed by atoms with Crippen molar-refractivity contribution in [2.45, 2.75) is 26.1 Å². The SMILES string of the molecule is CC1=C(C)N2C(=NC3C2C(=O)NC(=O)N3C)N1c1ccccc1Cl. The standard InChI is InChI=1S/C16H16ClN5O2/c1-8-9(2)22-12-13(20(3)16(24)19-14(12)23)18-15(22)21(8)11-7-5-4-6-10(11)17/h4-7,12-13H,1-3H3,(H,19,23,24). The number of anilines is 1. The number of carbonyl (C=O) groups excluding carboxylic acids is 2. The van der Waals surface area contributed by atoms with Crippen molar-refractivity contribution < 1.29 is 9.59 Å². The topological polar surface area (TPSA) is 68.2 Å². The number of benzene rings is 1. The molecule has 3 heterocycles. The average molecular weight is 346 g/mol. The molecule has 0 bridgehead atoms. The molecule has 2 atom stereocenters. The Hall–Kier alpha value is -2.54. The number of nitrogens with one attached hydrogen (secondary N) is 1. The van der Waals surface area contributed by atoms with Gasteiger partial charge in [0.1, 0.15) is 0 Å². The van der Waals surface area contributed by atoms with Crippen molar-refractivity contribution in [3.8, 4) is 0 Å². The molecule has 1 aromatic rings. The lowest BCUT2D eigenvalue weighted by Gasteiger charge is -2.35. The number of para-hydroxylation sites is 1. The van der Waals surface area contributed by atoms with Gasteiger partial charge in [-0.3, -0.25) is 19.9 Å². The fraction of sp³-hybridized carbons (Fsp3) is 0.312. The summed E-state index contributed by atoms with van der Waals surface area (Å²) in [5.74, 6) is 0.278. The van der Waals surface area contributed by atoms with Crippen molar-refractivity contribution in [2.24, 2.45) is 4.99 Å². The molecule has 8 heteroatoms. The fourth-order valence-corrected chi connectivity index (χ4v) is 3.60. The van der Waals surface area contributed by atoms with E-state index < -0.39 is 18.2 Å². The number of fused-ring (bicyclic) bond motifs is 3. The summed E-state index contributed by atoms with van der Waals surface area (Å²) in [4.78, 5) is 34.2. The second-order valence-electron chi connectivity index (χ2n) is 6.02. The van der Waals surface area contributed by atoms with E-state index in [-0.39, 0.29) is 5.91 Å². The normalized spacial score (nSPS) is 25.8. The highest BCUT2D eigenvalue weighted by atomic mass is 35.5. The van der Waals surface area contributed by atoms with Gasteiger partial charge in [-0.25, -0.2) is 9.79 Å². The fourth-order valence-electron chi connectivity index (χ4n) is 3.38. The van der Waals surface area contributed by atoms with Crippen LogP contribution in [0, 0.1) is 0 Å². The number of rotatable bonds is 1. The van der Waals surface area contributed by atoms with Gasteiger partial charge in [0, 0.05) is 18.4 Å². The Kier molecular flexibility index (Phi) is 3.11. The predicted molar refractivity (Wildman–Crippen MR) is 90.5 cm³/mol. The van der Waals surface area contributed by atoms with Gasteiger partial charge in [-0.2, -0.15) is 0 Å². The number of amides is 3. The Morgan fingerprint density at radius 2 is 1.88 bits per heavy atom. The predicted octanol–water partition coefficient (Wildman–Crippen LogP) is 1.96. The minimum absolute atomic E-state index is 0.338. The van der Waals surface area contributed by atoms with E-state index in [0.29, 0.717) is 11.0 Å². The third-order valence-corrected chi connectivity index (χ3v) is 5.07. The first kappa shape index (κ1) is 15.0. The van der Waals surface area contributed by atoms with E-state index in [9.17, 15) is 9.59 Å². The molecule has 4 rings (SSSR count). The molecule has 1 saturated heterocycles. The number of halogens is 1. The molecule has 0 aliphatic carbocycles. The van der Waals surface area contributed by atoms with Gasteiger partial charge in [-0.05, 0) is 26.0 Å². The van der Waals surface area contributed by atoms with E-state index in [1.807, 2.05) is 47.9 Å². The summed E-state index contributed by atoms with van der Waals surface area (Å²) in [6, 6.07) is 6.48. The first-order valence-electron chi connectivity index (χ1n) is 7.58. The maximum atomic E-state index is 12.4. The van der Waals surface area contributed by atoms with Gasteiger partial charge < -0.3 is 4.90 Å². The van der Waals surface area contributed by atoms with Crippen LogP contribution < -0.4 is 10.2 Å². The van der Waals surface area contributed by atoms with E-state index in [0.717, 1.165) is 17.1 Å². The molecule has 0 radical (unpaired) electrons. The van der Waals surface area contributed by atoms with Crippen molar-refractivity contribution in [2.75, 3.05) is 11.9 Å². The number of allylic oxidation sites excluding steroid dienone is 2. The number of guanidine groups is 1. The van der Waals surface area contributed by atoms with E-state index in [2.05, 4.69) is 10.3 Å². The minimum Gasteiger partial charge on any atom is -0.303 e. The van der Waals surface area contributed by atoms with Crippen LogP contribution in [0.25, 0.3) is 0 Å². The number of hydrogen-bond acceptors (Lipinski definition) is 5. The zero-order chi connectivity index (χ0) is 17.2. The second kappa shape index (κ2) is 4.98. The van der Waals surface area contributed by atoms with Crippen molar-refractivity contribution in [1.82, 2.24) is 15.1 Å². The molecular weight excluding hydrogens is 330 g/mol. The quantitative estimate of drug-likeness (QED) is 0.844. The van der Waals surface area contributed by atoms with E-state index in [1.54, 1.807) is 7.05 Å². The summed E-state index contributed by atoms with van der Waals surface area (Å²) in [6.45, 7) is 3.90. The van der Waals surface area contributed by atoms with Crippen LogP contribution in [0.5, 0.6) is 0 Å². The van der Waals surface area contributed by atoms with E-state index >= 15 is 0 Å². The van der Waals surface area contributed by atoms with Gasteiger partial charge in [0.2, 0.25) is 5.96 Å². The number of hydrogen-bond donors (Lipinski definition) is 1. The Morgan fingerprint density at radius 1 is 1.17 bits per heavy atom. The summed E-state index contributed by atoms with van der Waals surface area (Å²) in [5, 5.41) is 2.98. The lowest BCUT2D eigenvalue weighted by atomic mass is 10.1. The Bertz CT molecular complexity index is 834. The Balaban J connectivity index is 1.84. The van der Waals surface area contributed by atoms with Crippen LogP contribution in [0.3, 0.4) is 0 Å². The van der Waals surface area contributed by atoms with E-state index in [4.69, 9.17) is 11.6 Å². The molecule has 3 aliphatic rings. The second-order valence-corrected chi connectivity index (χ2v) is 6.43. The summed E-state index contributed by atoms with van der Waals surface area (Å²) < 4.78 is 0. The lowest BCUT2D eigenvalue weighted by molar-refractivity contribution is -0.126. The van der Waals surface area contributed by atoms with Gasteiger partial charge in [0.15, 0.2) is 12.2 Å². The number of likely N-dealkylation sites (N-methyl/N-ethyl adjacent to an activating group) is 1. The number of aliphatic imine (C=N–C) groups is 1. The van der Waals surface area contributed by atoms with Crippen LogP contribution in [0.2, 0.25) is 5.02 Å². The third kappa shape index (κ3) is 1.81. The van der Waals surface area contributed by atoms with Crippen LogP contribution in [0.1, 0.15) is 13.8 Å². The van der Waals surface area contributed by atoms with Crippen LogP contribution in [0.15, 0.2) is 40.7 Å². The molecule has 3 aliphatic heterocycles. The van der Waals surface area contributed by atoms with Crippen molar-refractivity contribution in [3.63, 3.8) is 0 Å². The first-order valence-corrected chi connectivity index (χ1v) is 7.96. The van der Waals surface area contributed by atoms with Crippen LogP contribution >= 0.6 is 11.6 Å². The van der Waals surface area contributed by atoms with Gasteiger partial charge in [0.05, 0.1) is 10.7 Å². The van der Waals surface area contributed by atoms with Crippen LogP contribution in [-0.4, -0.2) is 47.0 Å². The number of imide groups is 1. The van der Waals surface area contributed by atoms with Crippen LogP contribution in [-0.2, 0) is 4.79 Å². The van der Waals surface area contributed by atoms with Crippen molar-refractivity contribution >= 4 is 35.2 Å². The van der Waals surface area contributed by atoms with Crippen LogP contribution in [0.4, 0.5) is 10.5 Å². The molecule has 3 amide bonds. The molecule has 0 saturated carbocycles. The smallest absolute Gasteiger partial charge is 0.303 e. The molecule has 1 fully saturated rings. The highest BCUT2D eigenvalue weighted by Crippen LogP contribution is 2.40. The maximum absolute atomic E-state index is 12.4. The zero-order valence-corrected chi connectivity index (χ0v) is 14.2. The van der Waals surface area contributed by atoms with Gasteiger partial charge >= 0.3 is 6.03 Å². The monoisotopic (exact) mass is 345 g/mol. The summed E-state index contributed by atoms with van der Waals surface area (Å²) >= 11 is 6.36. The summed E-state index contributed by atoms with van der Waals surface area (Å²) in [5.41, 5.74) is 2.66. The molecule has 7 nitrogen and oxygen atoms in total. The first-order chi connectivity index (χ1) is 11.4. The molecular formula is C16H16ClN5O2. The summed E-state index contributed by atoms with van der Waals surface area (Å²) in [7, 11) is 1.64. The zero-order valence-electron chi connectivity index (χ0n) is 13.4. The molecule has 1 N–H and O–H groups in total. The Morgan fingerprint density at radius 3 is 2.58 bits per heavy atom. The highest BCUT2D eigenvalue weighted by molar-refractivity contribution is 6.34. The molecule has 0 spiro atoms. The van der Waals surface area contributed by atoms with Crippen molar-refractivity contribution in [3.05, 3.63) is 40.7 Å². The molecule has 0 aromatic heterocycles. The van der Waals surface area contributed by atoms with Gasteiger partial charge in [0.25, 0.3) is 5.91 Å². The third-order valence-electron chi connectivity index (χ3n) is 4.75. The molecule has 124 valence electrons. The summed E-state index contributed by atoms with van der Waals surface area (Å²) in [6.07, 6.45) is -0.547. The van der Waals surface area contributed by atoms with Gasteiger partial charge in [-0.1, -0.05) is 23.7 Å². The van der Waals surface area contributed by atoms with Gasteiger partial charge in [-0.15, -0.1) is 0 Å². The number of urea groups is 1. The highest BCUT2D eigenvalue weighted by Gasteiger charge is 2.53. The van der Waals surface area contributed by atoms with Crippen molar-refractivity contribution in [1.29, 1.82) is 0 Å². The Labute approximate surface area is 144 Å². The molecule has 1 aromatic carbocycles. The lowest BCUT2D eigenvalue weighted by Crippen LogP contribution is -2.63. The van der Waals surface area contributed by atoms with E-state index in [1.165, 1.54) is 4.90 Å². The number of nitrogens with zero attached hydrogens (tertiary/aromatic N) is 4. The minimum atomic E-state index is -0.565. The maximum Gasteiger partial charge on any atom is 0.325 e. The average Bonchev–Trinajstić information content (AvgIpc) is 3.04. The molecule has 2 unspecified atom stereocenters. The molecule has 24 heavy (non-hydrogen) atoms. The largest absolute Gasteiger partial charge is 0.325 e.